The van der Waals surface area contributed by atoms with Crippen molar-refractivity contribution in [2.75, 3.05) is 23.3 Å². The largest absolute Gasteiger partial charge is 0.356 e. The summed E-state index contributed by atoms with van der Waals surface area (Å²) in [5, 5.41) is 13.3. The Morgan fingerprint density at radius 2 is 1.87 bits per heavy atom. The van der Waals surface area contributed by atoms with Crippen molar-refractivity contribution in [3.63, 3.8) is 0 Å². The Labute approximate surface area is 132 Å². The first-order valence-electron chi connectivity index (χ1n) is 7.26. The van der Waals surface area contributed by atoms with Gasteiger partial charge in [-0.05, 0) is 25.0 Å². The number of non-ortho nitro benzene ring substituents is 1. The summed E-state index contributed by atoms with van der Waals surface area (Å²) < 4.78 is 0. The molecule has 0 bridgehead atoms. The van der Waals surface area contributed by atoms with Gasteiger partial charge >= 0.3 is 0 Å². The molecule has 1 N–H and O–H groups in total. The molecule has 23 heavy (non-hydrogen) atoms. The topological polar surface area (TPSA) is 101 Å². The Hall–Kier alpha value is -3.03. The number of nitro benzene ring substituents is 1. The van der Waals surface area contributed by atoms with E-state index in [4.69, 9.17) is 0 Å². The van der Waals surface area contributed by atoms with E-state index in [-0.39, 0.29) is 11.6 Å². The lowest BCUT2D eigenvalue weighted by molar-refractivity contribution is -0.384. The second kappa shape index (κ2) is 6.39. The first-order valence-corrected chi connectivity index (χ1v) is 7.26. The fourth-order valence-corrected chi connectivity index (χ4v) is 2.46. The van der Waals surface area contributed by atoms with Gasteiger partial charge in [0.1, 0.15) is 18.0 Å². The smallest absolute Gasteiger partial charge is 0.269 e. The van der Waals surface area contributed by atoms with E-state index in [2.05, 4.69) is 20.2 Å². The number of aromatic nitrogens is 2. The van der Waals surface area contributed by atoms with Crippen molar-refractivity contribution in [2.45, 2.75) is 12.8 Å². The van der Waals surface area contributed by atoms with Crippen molar-refractivity contribution in [1.29, 1.82) is 0 Å². The van der Waals surface area contributed by atoms with Crippen LogP contribution in [-0.4, -0.2) is 33.9 Å². The van der Waals surface area contributed by atoms with Gasteiger partial charge in [-0.25, -0.2) is 9.97 Å². The molecule has 2 heterocycles. The lowest BCUT2D eigenvalue weighted by Gasteiger charge is -2.16. The Bertz CT molecular complexity index is 726. The van der Waals surface area contributed by atoms with E-state index in [1.807, 2.05) is 0 Å². The van der Waals surface area contributed by atoms with Gasteiger partial charge in [0.05, 0.1) is 4.92 Å². The summed E-state index contributed by atoms with van der Waals surface area (Å²) in [6.45, 7) is 1.90. The summed E-state index contributed by atoms with van der Waals surface area (Å²) in [4.78, 5) is 32.7. The molecule has 1 fully saturated rings. The van der Waals surface area contributed by atoms with Crippen LogP contribution in [0.25, 0.3) is 0 Å². The van der Waals surface area contributed by atoms with Crippen LogP contribution in [0.2, 0.25) is 0 Å². The van der Waals surface area contributed by atoms with Gasteiger partial charge in [0.25, 0.3) is 11.6 Å². The normalized spacial score (nSPS) is 13.8. The number of carbonyl (C=O) groups excluding carboxylic acids is 1. The van der Waals surface area contributed by atoms with Crippen LogP contribution in [0.3, 0.4) is 0 Å². The summed E-state index contributed by atoms with van der Waals surface area (Å²) >= 11 is 0. The number of hydrogen-bond donors (Lipinski definition) is 1. The number of amides is 1. The van der Waals surface area contributed by atoms with Crippen molar-refractivity contribution in [2.24, 2.45) is 0 Å². The summed E-state index contributed by atoms with van der Waals surface area (Å²) in [5.74, 6) is 0.827. The van der Waals surface area contributed by atoms with Gasteiger partial charge < -0.3 is 10.2 Å². The number of nitrogens with zero attached hydrogens (tertiary/aromatic N) is 4. The molecule has 0 unspecified atom stereocenters. The molecule has 0 aliphatic carbocycles. The van der Waals surface area contributed by atoms with Crippen LogP contribution in [0, 0.1) is 10.1 Å². The van der Waals surface area contributed by atoms with E-state index in [0.29, 0.717) is 11.4 Å². The van der Waals surface area contributed by atoms with Crippen LogP contribution in [-0.2, 0) is 0 Å². The highest BCUT2D eigenvalue weighted by Crippen LogP contribution is 2.20. The fraction of sp³-hybridized carbons (Fsp3) is 0.267. The number of benzene rings is 1. The van der Waals surface area contributed by atoms with Gasteiger partial charge in [-0.3, -0.25) is 14.9 Å². The fourth-order valence-electron chi connectivity index (χ4n) is 2.46. The average molecular weight is 313 g/mol. The molecule has 2 aromatic rings. The van der Waals surface area contributed by atoms with Gasteiger partial charge in [0.15, 0.2) is 0 Å². The number of anilines is 2. The van der Waals surface area contributed by atoms with Crippen LogP contribution >= 0.6 is 0 Å². The Morgan fingerprint density at radius 3 is 2.52 bits per heavy atom. The molecule has 1 amide bonds. The quantitative estimate of drug-likeness (QED) is 0.686. The van der Waals surface area contributed by atoms with E-state index in [1.165, 1.54) is 30.6 Å². The second-order valence-electron chi connectivity index (χ2n) is 5.21. The monoisotopic (exact) mass is 313 g/mol. The standard InChI is InChI=1S/C15H15N5O3/c21-15(11-3-5-12(6-4-11)20(22)23)18-13-9-14(17-10-16-13)19-7-1-2-8-19/h3-6,9-10H,1-2,7-8H2,(H,16,17,18,21). The predicted molar refractivity (Wildman–Crippen MR) is 84.5 cm³/mol. The zero-order valence-corrected chi connectivity index (χ0v) is 12.3. The van der Waals surface area contributed by atoms with Gasteiger partial charge in [-0.2, -0.15) is 0 Å². The van der Waals surface area contributed by atoms with Crippen LogP contribution < -0.4 is 10.2 Å². The number of nitro groups is 1. The van der Waals surface area contributed by atoms with Crippen molar-refractivity contribution < 1.29 is 9.72 Å². The third-order valence-electron chi connectivity index (χ3n) is 3.66. The minimum atomic E-state index is -0.506. The molecule has 0 radical (unpaired) electrons. The van der Waals surface area contributed by atoms with Gasteiger partial charge in [0, 0.05) is 36.9 Å². The molecule has 0 spiro atoms. The molecular weight excluding hydrogens is 298 g/mol. The molecule has 1 aromatic carbocycles. The average Bonchev–Trinajstić information content (AvgIpc) is 3.10. The van der Waals surface area contributed by atoms with E-state index >= 15 is 0 Å². The maximum atomic E-state index is 12.2. The molecule has 1 aliphatic rings. The molecule has 3 rings (SSSR count). The van der Waals surface area contributed by atoms with Crippen LogP contribution in [0.4, 0.5) is 17.3 Å². The maximum absolute atomic E-state index is 12.2. The van der Waals surface area contributed by atoms with E-state index in [0.717, 1.165) is 31.7 Å². The first-order chi connectivity index (χ1) is 11.1. The number of carbonyl (C=O) groups is 1. The zero-order valence-electron chi connectivity index (χ0n) is 12.3. The highest BCUT2D eigenvalue weighted by atomic mass is 16.6. The summed E-state index contributed by atoms with van der Waals surface area (Å²) in [7, 11) is 0. The molecule has 1 aliphatic heterocycles. The lowest BCUT2D eigenvalue weighted by Crippen LogP contribution is -2.20. The molecule has 1 aromatic heterocycles. The Balaban J connectivity index is 1.72. The van der Waals surface area contributed by atoms with Crippen LogP contribution in [0.15, 0.2) is 36.7 Å². The van der Waals surface area contributed by atoms with Gasteiger partial charge in [0.2, 0.25) is 0 Å². The third kappa shape index (κ3) is 3.42. The van der Waals surface area contributed by atoms with E-state index in [1.54, 1.807) is 6.07 Å². The molecule has 8 nitrogen and oxygen atoms in total. The minimum absolute atomic E-state index is 0.0556. The molecular formula is C15H15N5O3. The second-order valence-corrected chi connectivity index (χ2v) is 5.21. The zero-order chi connectivity index (χ0) is 16.2. The van der Waals surface area contributed by atoms with Crippen molar-refractivity contribution in [3.05, 3.63) is 52.3 Å². The minimum Gasteiger partial charge on any atom is -0.356 e. The molecule has 118 valence electrons. The van der Waals surface area contributed by atoms with Crippen molar-refractivity contribution in [3.8, 4) is 0 Å². The Morgan fingerprint density at radius 1 is 1.17 bits per heavy atom. The summed E-state index contributed by atoms with van der Waals surface area (Å²) in [6.07, 6.45) is 3.68. The summed E-state index contributed by atoms with van der Waals surface area (Å²) in [6, 6.07) is 7.15. The number of nitrogens with one attached hydrogen (secondary N) is 1. The highest BCUT2D eigenvalue weighted by Gasteiger charge is 2.15. The molecule has 0 saturated carbocycles. The first kappa shape index (κ1) is 14.9. The SMILES string of the molecule is O=C(Nc1cc(N2CCCC2)ncn1)c1ccc([N+](=O)[O-])cc1. The lowest BCUT2D eigenvalue weighted by atomic mass is 10.2. The van der Waals surface area contributed by atoms with Crippen LogP contribution in [0.1, 0.15) is 23.2 Å². The molecule has 8 heteroatoms. The molecule has 0 atom stereocenters. The number of hydrogen-bond acceptors (Lipinski definition) is 6. The summed E-state index contributed by atoms with van der Waals surface area (Å²) in [5.41, 5.74) is 0.275. The third-order valence-corrected chi connectivity index (χ3v) is 3.66. The maximum Gasteiger partial charge on any atom is 0.269 e. The highest BCUT2D eigenvalue weighted by molar-refractivity contribution is 6.04. The van der Waals surface area contributed by atoms with Gasteiger partial charge in [-0.15, -0.1) is 0 Å². The van der Waals surface area contributed by atoms with Crippen molar-refractivity contribution in [1.82, 2.24) is 9.97 Å². The predicted octanol–water partition coefficient (Wildman–Crippen LogP) is 2.24. The Kier molecular flexibility index (Phi) is 4.13. The van der Waals surface area contributed by atoms with E-state index in [9.17, 15) is 14.9 Å². The molecule has 1 saturated heterocycles. The van der Waals surface area contributed by atoms with E-state index < -0.39 is 4.92 Å². The van der Waals surface area contributed by atoms with Gasteiger partial charge in [-0.1, -0.05) is 0 Å². The van der Waals surface area contributed by atoms with Crippen LogP contribution in [0.5, 0.6) is 0 Å². The van der Waals surface area contributed by atoms with Crippen molar-refractivity contribution >= 4 is 23.2 Å². The number of rotatable bonds is 4.